The monoisotopic (exact) mass is 445 g/mol. The fourth-order valence-electron chi connectivity index (χ4n) is 3.10. The number of pyridine rings is 1. The number of methoxy groups -OCH3 is 1. The average molecular weight is 446 g/mol. The molecule has 0 saturated carbocycles. The van der Waals surface area contributed by atoms with Crippen molar-refractivity contribution in [1.82, 2.24) is 4.98 Å². The minimum Gasteiger partial charge on any atom is -0.496 e. The second kappa shape index (κ2) is 10.7. The highest BCUT2D eigenvalue weighted by atomic mass is 35.5. The predicted octanol–water partition coefficient (Wildman–Crippen LogP) is 5.70. The Morgan fingerprint density at radius 1 is 1.10 bits per heavy atom. The topological polar surface area (TPSA) is 77.2 Å². The van der Waals surface area contributed by atoms with Gasteiger partial charge in [0.2, 0.25) is 0 Å². The van der Waals surface area contributed by atoms with Gasteiger partial charge in [-0.3, -0.25) is 9.78 Å². The van der Waals surface area contributed by atoms with Crippen molar-refractivity contribution in [3.63, 3.8) is 0 Å². The van der Waals surface area contributed by atoms with Crippen molar-refractivity contribution in [3.05, 3.63) is 77.6 Å². The second-order valence-electron chi connectivity index (χ2n) is 6.47. The van der Waals surface area contributed by atoms with Gasteiger partial charge in [0.25, 0.3) is 5.91 Å². The molecule has 1 heterocycles. The lowest BCUT2D eigenvalue weighted by atomic mass is 9.95. The molecule has 3 N–H and O–H groups in total. The van der Waals surface area contributed by atoms with Gasteiger partial charge in [-0.25, -0.2) is 0 Å². The number of ether oxygens (including phenoxy) is 1. The van der Waals surface area contributed by atoms with E-state index in [-0.39, 0.29) is 36.4 Å². The smallest absolute Gasteiger partial charge is 0.274 e. The van der Waals surface area contributed by atoms with Crippen LogP contribution in [0, 0.1) is 13.8 Å². The zero-order valence-electron chi connectivity index (χ0n) is 17.1. The highest BCUT2D eigenvalue weighted by Gasteiger charge is 2.15. The highest BCUT2D eigenvalue weighted by molar-refractivity contribution is 6.04. The van der Waals surface area contributed by atoms with Crippen LogP contribution < -0.4 is 15.8 Å². The van der Waals surface area contributed by atoms with Gasteiger partial charge in [-0.05, 0) is 48.2 Å². The Morgan fingerprint density at radius 3 is 2.37 bits per heavy atom. The number of anilines is 2. The number of aromatic nitrogens is 1. The van der Waals surface area contributed by atoms with Crippen molar-refractivity contribution in [3.8, 4) is 16.9 Å². The van der Waals surface area contributed by atoms with Crippen LogP contribution in [0.5, 0.6) is 5.75 Å². The normalized spacial score (nSPS) is 9.70. The van der Waals surface area contributed by atoms with E-state index in [4.69, 9.17) is 10.5 Å². The van der Waals surface area contributed by atoms with E-state index in [0.717, 1.165) is 39.2 Å². The van der Waals surface area contributed by atoms with Gasteiger partial charge < -0.3 is 15.8 Å². The van der Waals surface area contributed by atoms with E-state index in [1.54, 1.807) is 25.4 Å². The largest absolute Gasteiger partial charge is 0.496 e. The number of nitrogens with zero attached hydrogens (tertiary/aromatic N) is 1. The number of benzene rings is 2. The second-order valence-corrected chi connectivity index (χ2v) is 6.47. The number of halogens is 2. The SMILES string of the molecule is C=Cc1cnc(C(=O)Nc2cccc(-c3cccc(N)c3C)c2C)cc1OC.Cl.Cl. The maximum absolute atomic E-state index is 12.7. The summed E-state index contributed by atoms with van der Waals surface area (Å²) in [6.45, 7) is 7.68. The van der Waals surface area contributed by atoms with Crippen molar-refractivity contribution in [2.75, 3.05) is 18.2 Å². The minimum atomic E-state index is -0.307. The maximum Gasteiger partial charge on any atom is 0.274 e. The molecule has 5 nitrogen and oxygen atoms in total. The van der Waals surface area contributed by atoms with Crippen molar-refractivity contribution >= 4 is 48.2 Å². The molecule has 0 atom stereocenters. The van der Waals surface area contributed by atoms with Gasteiger partial charge in [-0.15, -0.1) is 24.8 Å². The van der Waals surface area contributed by atoms with Crippen LogP contribution in [0.15, 0.2) is 55.2 Å². The van der Waals surface area contributed by atoms with Gasteiger partial charge in [0.15, 0.2) is 0 Å². The van der Waals surface area contributed by atoms with E-state index in [1.807, 2.05) is 50.2 Å². The van der Waals surface area contributed by atoms with E-state index < -0.39 is 0 Å². The van der Waals surface area contributed by atoms with E-state index >= 15 is 0 Å². The zero-order chi connectivity index (χ0) is 20.3. The third kappa shape index (κ3) is 4.93. The predicted molar refractivity (Wildman–Crippen MR) is 129 cm³/mol. The average Bonchev–Trinajstić information content (AvgIpc) is 2.71. The third-order valence-corrected chi connectivity index (χ3v) is 4.82. The summed E-state index contributed by atoms with van der Waals surface area (Å²) in [4.78, 5) is 16.9. The van der Waals surface area contributed by atoms with E-state index in [9.17, 15) is 4.79 Å². The van der Waals surface area contributed by atoms with Crippen LogP contribution in [0.3, 0.4) is 0 Å². The molecular weight excluding hydrogens is 421 g/mol. The lowest BCUT2D eigenvalue weighted by molar-refractivity contribution is 0.102. The molecule has 3 aromatic rings. The molecule has 30 heavy (non-hydrogen) atoms. The van der Waals surface area contributed by atoms with Crippen molar-refractivity contribution in [1.29, 1.82) is 0 Å². The molecular formula is C23H25Cl2N3O2. The number of rotatable bonds is 5. The van der Waals surface area contributed by atoms with Crippen LogP contribution in [-0.2, 0) is 0 Å². The zero-order valence-corrected chi connectivity index (χ0v) is 18.7. The number of nitrogens with two attached hydrogens (primary N) is 1. The van der Waals surface area contributed by atoms with Gasteiger partial charge in [0, 0.05) is 29.2 Å². The molecule has 0 bridgehead atoms. The first-order chi connectivity index (χ1) is 13.5. The fourth-order valence-corrected chi connectivity index (χ4v) is 3.10. The number of hydrogen-bond acceptors (Lipinski definition) is 4. The van der Waals surface area contributed by atoms with Crippen LogP contribution in [0.2, 0.25) is 0 Å². The van der Waals surface area contributed by atoms with Crippen LogP contribution in [-0.4, -0.2) is 18.0 Å². The van der Waals surface area contributed by atoms with Crippen molar-refractivity contribution in [2.45, 2.75) is 13.8 Å². The highest BCUT2D eigenvalue weighted by Crippen LogP contribution is 2.33. The van der Waals surface area contributed by atoms with Crippen LogP contribution >= 0.6 is 24.8 Å². The fraction of sp³-hybridized carbons (Fsp3) is 0.130. The van der Waals surface area contributed by atoms with Gasteiger partial charge >= 0.3 is 0 Å². The Morgan fingerprint density at radius 2 is 1.73 bits per heavy atom. The molecule has 7 heteroatoms. The number of nitrogen functional groups attached to an aromatic ring is 1. The standard InChI is InChI=1S/C23H23N3O2.2ClH/c1-5-16-13-25-21(12-22(16)28-4)23(27)26-20-11-7-9-18(15(20)3)17-8-6-10-19(24)14(17)2;;/h5-13H,1,24H2,2-4H3,(H,26,27);2*1H. The molecule has 0 fully saturated rings. The third-order valence-electron chi connectivity index (χ3n) is 4.82. The van der Waals surface area contributed by atoms with Crippen LogP contribution in [0.25, 0.3) is 17.2 Å². The molecule has 0 radical (unpaired) electrons. The molecule has 0 aliphatic carbocycles. The molecule has 0 unspecified atom stereocenters. The number of carbonyl (C=O) groups excluding carboxylic acids is 1. The van der Waals surface area contributed by atoms with E-state index in [2.05, 4.69) is 16.9 Å². The molecule has 0 aliphatic rings. The molecule has 0 aliphatic heterocycles. The van der Waals surface area contributed by atoms with Gasteiger partial charge in [-0.1, -0.05) is 36.9 Å². The molecule has 1 amide bonds. The first-order valence-electron chi connectivity index (χ1n) is 8.89. The van der Waals surface area contributed by atoms with Gasteiger partial charge in [-0.2, -0.15) is 0 Å². The maximum atomic E-state index is 12.7. The molecule has 158 valence electrons. The Labute approximate surface area is 189 Å². The first-order valence-corrected chi connectivity index (χ1v) is 8.89. The summed E-state index contributed by atoms with van der Waals surface area (Å²) >= 11 is 0. The number of hydrogen-bond donors (Lipinski definition) is 2. The van der Waals surface area contributed by atoms with Gasteiger partial charge in [0.1, 0.15) is 11.4 Å². The van der Waals surface area contributed by atoms with Crippen molar-refractivity contribution < 1.29 is 9.53 Å². The summed E-state index contributed by atoms with van der Waals surface area (Å²) in [6.07, 6.45) is 3.20. The Bertz CT molecular complexity index is 1070. The Hall–Kier alpha value is -3.02. The minimum absolute atomic E-state index is 0. The molecule has 0 spiro atoms. The number of nitrogens with one attached hydrogen (secondary N) is 1. The Balaban J connectivity index is 0.00000225. The van der Waals surface area contributed by atoms with Gasteiger partial charge in [0.05, 0.1) is 7.11 Å². The van der Waals surface area contributed by atoms with E-state index in [0.29, 0.717) is 5.75 Å². The quantitative estimate of drug-likeness (QED) is 0.494. The molecule has 2 aromatic carbocycles. The summed E-state index contributed by atoms with van der Waals surface area (Å²) in [6, 6.07) is 13.2. The lowest BCUT2D eigenvalue weighted by Crippen LogP contribution is -2.15. The summed E-state index contributed by atoms with van der Waals surface area (Å²) in [5, 5.41) is 2.95. The number of carbonyl (C=O) groups is 1. The molecule has 1 aromatic heterocycles. The summed E-state index contributed by atoms with van der Waals surface area (Å²) in [5.74, 6) is 0.245. The van der Waals surface area contributed by atoms with E-state index in [1.165, 1.54) is 0 Å². The van der Waals surface area contributed by atoms with Crippen LogP contribution in [0.1, 0.15) is 27.2 Å². The number of amides is 1. The Kier molecular flexibility index (Phi) is 8.90. The summed E-state index contributed by atoms with van der Waals surface area (Å²) in [5.41, 5.74) is 12.6. The molecule has 0 saturated heterocycles. The van der Waals surface area contributed by atoms with Crippen LogP contribution in [0.4, 0.5) is 11.4 Å². The molecule has 3 rings (SSSR count). The lowest BCUT2D eigenvalue weighted by Gasteiger charge is -2.15. The summed E-state index contributed by atoms with van der Waals surface area (Å²) in [7, 11) is 1.55. The first kappa shape index (κ1) is 25.0. The van der Waals surface area contributed by atoms with Crippen molar-refractivity contribution in [2.24, 2.45) is 0 Å². The summed E-state index contributed by atoms with van der Waals surface area (Å²) < 4.78 is 5.30.